The lowest BCUT2D eigenvalue weighted by atomic mass is 10.2. The third-order valence-corrected chi connectivity index (χ3v) is 2.36. The van der Waals surface area contributed by atoms with Crippen molar-refractivity contribution in [2.24, 2.45) is 0 Å². The Bertz CT molecular complexity index is 531. The third kappa shape index (κ3) is 4.82. The molecule has 0 atom stereocenters. The van der Waals surface area contributed by atoms with E-state index >= 15 is 0 Å². The van der Waals surface area contributed by atoms with E-state index in [0.29, 0.717) is 0 Å². The molecular weight excluding hydrogens is 307 g/mol. The number of hydrazine groups is 1. The van der Waals surface area contributed by atoms with E-state index in [9.17, 15) is 9.59 Å². The molecule has 0 aliphatic carbocycles. The molecule has 0 radical (unpaired) electrons. The Kier molecular flexibility index (Phi) is 5.13. The highest BCUT2D eigenvalue weighted by atomic mass is 35.5. The molecule has 0 bridgehead atoms. The van der Waals surface area contributed by atoms with Crippen molar-refractivity contribution in [1.82, 2.24) is 20.6 Å². The van der Waals surface area contributed by atoms with Crippen LogP contribution in [0.3, 0.4) is 0 Å². The Morgan fingerprint density at radius 3 is 2.45 bits per heavy atom. The number of hydrogen-bond acceptors (Lipinski definition) is 5. The van der Waals surface area contributed by atoms with Crippen LogP contribution in [-0.2, 0) is 4.74 Å². The molecule has 0 spiro atoms. The van der Waals surface area contributed by atoms with Gasteiger partial charge >= 0.3 is 6.09 Å². The van der Waals surface area contributed by atoms with Crippen LogP contribution in [0.4, 0.5) is 4.79 Å². The van der Waals surface area contributed by atoms with E-state index in [4.69, 9.17) is 27.9 Å². The van der Waals surface area contributed by atoms with Gasteiger partial charge in [-0.25, -0.2) is 9.80 Å². The molecule has 110 valence electrons. The summed E-state index contributed by atoms with van der Waals surface area (Å²) in [7, 11) is 1.34. The molecule has 0 aliphatic rings. The molecule has 0 fully saturated rings. The van der Waals surface area contributed by atoms with Gasteiger partial charge in [0.2, 0.25) is 0 Å². The molecular formula is C11H14Cl2N4O3. The van der Waals surface area contributed by atoms with Crippen LogP contribution in [0.2, 0.25) is 10.3 Å². The Labute approximate surface area is 126 Å². The van der Waals surface area contributed by atoms with Crippen molar-refractivity contribution in [3.05, 3.63) is 21.9 Å². The molecule has 1 rings (SSSR count). The van der Waals surface area contributed by atoms with Crippen molar-refractivity contribution in [3.8, 4) is 0 Å². The zero-order valence-corrected chi connectivity index (χ0v) is 12.9. The van der Waals surface area contributed by atoms with Crippen LogP contribution in [0.1, 0.15) is 31.1 Å². The Balaban J connectivity index is 2.75. The maximum Gasteiger partial charge on any atom is 0.428 e. The number of amides is 2. The molecule has 1 aromatic heterocycles. The number of ether oxygens (including phenoxy) is 1. The molecule has 7 nitrogen and oxygen atoms in total. The van der Waals surface area contributed by atoms with Crippen LogP contribution in [0.25, 0.3) is 0 Å². The fraction of sp³-hybridized carbons (Fsp3) is 0.455. The molecule has 0 aromatic carbocycles. The van der Waals surface area contributed by atoms with Gasteiger partial charge in [-0.05, 0) is 26.8 Å². The van der Waals surface area contributed by atoms with E-state index in [2.05, 4.69) is 15.6 Å². The second kappa shape index (κ2) is 6.23. The van der Waals surface area contributed by atoms with Gasteiger partial charge in [0.05, 0.1) is 5.56 Å². The van der Waals surface area contributed by atoms with Crippen molar-refractivity contribution < 1.29 is 14.3 Å². The van der Waals surface area contributed by atoms with Crippen molar-refractivity contribution in [2.75, 3.05) is 7.05 Å². The number of halogens is 2. The molecule has 2 amide bonds. The van der Waals surface area contributed by atoms with E-state index in [-0.39, 0.29) is 15.9 Å². The lowest BCUT2D eigenvalue weighted by molar-refractivity contribution is 0.0195. The van der Waals surface area contributed by atoms with Gasteiger partial charge in [-0.2, -0.15) is 0 Å². The molecule has 1 heterocycles. The van der Waals surface area contributed by atoms with Crippen molar-refractivity contribution in [2.45, 2.75) is 26.4 Å². The van der Waals surface area contributed by atoms with Crippen molar-refractivity contribution in [3.63, 3.8) is 0 Å². The fourth-order valence-electron chi connectivity index (χ4n) is 1.10. The number of rotatable bonds is 1. The summed E-state index contributed by atoms with van der Waals surface area (Å²) in [6, 6.07) is 1.25. The van der Waals surface area contributed by atoms with Crippen LogP contribution in [0.15, 0.2) is 6.07 Å². The standard InChI is InChI=1S/C11H14Cl2N4O3/c1-11(2,3)20-10(19)17(4)16-9(18)6-5-7(12)14-15-8(6)13/h5H,1-4H3,(H,16,18). The molecule has 9 heteroatoms. The number of nitrogens with one attached hydrogen (secondary N) is 1. The third-order valence-electron chi connectivity index (χ3n) is 1.90. The first-order chi connectivity index (χ1) is 9.10. The van der Waals surface area contributed by atoms with Crippen LogP contribution in [-0.4, -0.2) is 39.9 Å². The summed E-state index contributed by atoms with van der Waals surface area (Å²) in [5, 5.41) is 7.78. The van der Waals surface area contributed by atoms with Crippen molar-refractivity contribution in [1.29, 1.82) is 0 Å². The van der Waals surface area contributed by atoms with E-state index in [0.717, 1.165) is 5.01 Å². The molecule has 0 saturated carbocycles. The number of hydrogen-bond donors (Lipinski definition) is 1. The van der Waals surface area contributed by atoms with Gasteiger partial charge < -0.3 is 4.74 Å². The summed E-state index contributed by atoms with van der Waals surface area (Å²) in [4.78, 5) is 23.6. The largest absolute Gasteiger partial charge is 0.442 e. The van der Waals surface area contributed by atoms with E-state index in [1.807, 2.05) is 0 Å². The van der Waals surface area contributed by atoms with Gasteiger partial charge in [-0.3, -0.25) is 10.2 Å². The Morgan fingerprint density at radius 1 is 1.30 bits per heavy atom. The van der Waals surface area contributed by atoms with E-state index < -0.39 is 17.6 Å². The molecule has 0 saturated heterocycles. The summed E-state index contributed by atoms with van der Waals surface area (Å²) in [6.45, 7) is 5.14. The van der Waals surface area contributed by atoms with Gasteiger partial charge in [-0.1, -0.05) is 23.2 Å². The van der Waals surface area contributed by atoms with Gasteiger partial charge in [0.25, 0.3) is 5.91 Å². The smallest absolute Gasteiger partial charge is 0.428 e. The predicted octanol–water partition coefficient (Wildman–Crippen LogP) is 2.30. The van der Waals surface area contributed by atoms with Gasteiger partial charge in [0, 0.05) is 7.05 Å². The fourth-order valence-corrected chi connectivity index (χ4v) is 1.43. The van der Waals surface area contributed by atoms with Crippen LogP contribution >= 0.6 is 23.2 Å². The summed E-state index contributed by atoms with van der Waals surface area (Å²) < 4.78 is 5.08. The average Bonchev–Trinajstić information content (AvgIpc) is 2.29. The highest BCUT2D eigenvalue weighted by Gasteiger charge is 2.22. The second-order valence-corrected chi connectivity index (χ2v) is 5.60. The zero-order valence-electron chi connectivity index (χ0n) is 11.4. The van der Waals surface area contributed by atoms with Crippen molar-refractivity contribution >= 4 is 35.2 Å². The minimum atomic E-state index is -0.713. The first kappa shape index (κ1) is 16.5. The summed E-state index contributed by atoms with van der Waals surface area (Å²) in [6.07, 6.45) is -0.713. The second-order valence-electron chi connectivity index (χ2n) is 4.85. The average molecular weight is 321 g/mol. The van der Waals surface area contributed by atoms with Crippen LogP contribution in [0.5, 0.6) is 0 Å². The number of carbonyl (C=O) groups is 2. The number of nitrogens with zero attached hydrogens (tertiary/aromatic N) is 3. The normalized spacial score (nSPS) is 10.9. The monoisotopic (exact) mass is 320 g/mol. The first-order valence-electron chi connectivity index (χ1n) is 5.56. The Hall–Kier alpha value is -1.60. The highest BCUT2D eigenvalue weighted by Crippen LogP contribution is 2.15. The molecule has 20 heavy (non-hydrogen) atoms. The van der Waals surface area contributed by atoms with E-state index in [1.165, 1.54) is 13.1 Å². The maximum atomic E-state index is 11.9. The summed E-state index contributed by atoms with van der Waals surface area (Å²) in [5.41, 5.74) is 1.63. The topological polar surface area (TPSA) is 84.4 Å². The minimum Gasteiger partial charge on any atom is -0.442 e. The summed E-state index contributed by atoms with van der Waals surface area (Å²) >= 11 is 11.4. The number of carbonyl (C=O) groups excluding carboxylic acids is 2. The molecule has 1 aromatic rings. The Morgan fingerprint density at radius 2 is 1.90 bits per heavy atom. The molecule has 0 unspecified atom stereocenters. The lowest BCUT2D eigenvalue weighted by Crippen LogP contribution is -2.45. The number of aromatic nitrogens is 2. The van der Waals surface area contributed by atoms with Gasteiger partial charge in [-0.15, -0.1) is 10.2 Å². The predicted molar refractivity (Wildman–Crippen MR) is 73.5 cm³/mol. The quantitative estimate of drug-likeness (QED) is 0.802. The highest BCUT2D eigenvalue weighted by molar-refractivity contribution is 6.34. The lowest BCUT2D eigenvalue weighted by Gasteiger charge is -2.24. The molecule has 0 aliphatic heterocycles. The van der Waals surface area contributed by atoms with Gasteiger partial charge in [0.1, 0.15) is 5.60 Å². The SMILES string of the molecule is CN(NC(=O)c1cc(Cl)nnc1Cl)C(=O)OC(C)(C)C. The zero-order chi connectivity index (χ0) is 15.5. The summed E-state index contributed by atoms with van der Waals surface area (Å²) in [5.74, 6) is -0.653. The molecule has 1 N–H and O–H groups in total. The van der Waals surface area contributed by atoms with Crippen LogP contribution < -0.4 is 5.43 Å². The van der Waals surface area contributed by atoms with Crippen LogP contribution in [0, 0.1) is 0 Å². The first-order valence-corrected chi connectivity index (χ1v) is 6.32. The van der Waals surface area contributed by atoms with Gasteiger partial charge in [0.15, 0.2) is 10.3 Å². The van der Waals surface area contributed by atoms with E-state index in [1.54, 1.807) is 20.8 Å². The maximum absolute atomic E-state index is 11.9. The minimum absolute atomic E-state index is 0.00192.